The van der Waals surface area contributed by atoms with Crippen molar-refractivity contribution in [1.29, 1.82) is 5.26 Å². The highest BCUT2D eigenvalue weighted by Gasteiger charge is 2.47. The smallest absolute Gasteiger partial charge is 0.280 e. The Labute approximate surface area is 272 Å². The lowest BCUT2D eigenvalue weighted by Gasteiger charge is -2.58. The number of nitrogens with zero attached hydrogens (tertiary/aromatic N) is 6. The molecule has 46 heavy (non-hydrogen) atoms. The van der Waals surface area contributed by atoms with E-state index in [0.29, 0.717) is 16.9 Å². The fraction of sp³-hybridized carbons (Fsp3) is 0.447. The van der Waals surface area contributed by atoms with Crippen molar-refractivity contribution in [3.05, 3.63) is 99.7 Å². The third-order valence-electron chi connectivity index (χ3n) is 9.74. The molecule has 1 aliphatic rings. The van der Waals surface area contributed by atoms with Gasteiger partial charge in [0.1, 0.15) is 11.9 Å². The number of rotatable bonds is 10. The number of fused-ring (bicyclic) bond motifs is 1. The number of piperazine rings is 1. The van der Waals surface area contributed by atoms with Gasteiger partial charge in [-0.1, -0.05) is 75.7 Å². The van der Waals surface area contributed by atoms with Crippen molar-refractivity contribution in [2.45, 2.75) is 104 Å². The molecule has 8 nitrogen and oxygen atoms in total. The van der Waals surface area contributed by atoms with Gasteiger partial charge in [0.05, 0.1) is 30.1 Å². The first-order valence-corrected chi connectivity index (χ1v) is 16.6. The summed E-state index contributed by atoms with van der Waals surface area (Å²) >= 11 is 0. The van der Waals surface area contributed by atoms with Crippen molar-refractivity contribution < 1.29 is 4.79 Å². The highest BCUT2D eigenvalue weighted by molar-refractivity contribution is 5.86. The number of carbonyl (C=O) groups excluding carboxylic acids is 1. The molecule has 0 aliphatic carbocycles. The lowest BCUT2D eigenvalue weighted by atomic mass is 9.84. The standard InChI is InChI=1S/C38H46N6O2/c1-8-32-26(6)43(27(7)33(9-2)44(32)30-17-15-25(5)16-18-30)37(24(3)4)34(45)20-35-41-31-19-29(21-39)22-40-36(31)38(46)42(35)23-28-13-11-10-12-14-28/h10-19,22,24,26-27,32-33,37H,8-9,20,23H2,1-7H3. The number of aromatic nitrogens is 3. The summed E-state index contributed by atoms with van der Waals surface area (Å²) in [5.41, 5.74) is 3.93. The Balaban J connectivity index is 1.55. The lowest BCUT2D eigenvalue weighted by Crippen LogP contribution is -2.70. The summed E-state index contributed by atoms with van der Waals surface area (Å²) in [6.45, 7) is 15.6. The molecule has 0 bridgehead atoms. The second-order valence-electron chi connectivity index (χ2n) is 13.1. The molecule has 1 aliphatic heterocycles. The summed E-state index contributed by atoms with van der Waals surface area (Å²) in [7, 11) is 0. The second-order valence-corrected chi connectivity index (χ2v) is 13.1. The maximum Gasteiger partial charge on any atom is 0.280 e. The van der Waals surface area contributed by atoms with Gasteiger partial charge in [-0.2, -0.15) is 5.26 Å². The van der Waals surface area contributed by atoms with E-state index in [-0.39, 0.29) is 66.0 Å². The van der Waals surface area contributed by atoms with Gasteiger partial charge in [-0.05, 0) is 63.3 Å². The van der Waals surface area contributed by atoms with Gasteiger partial charge in [0.2, 0.25) is 0 Å². The van der Waals surface area contributed by atoms with Gasteiger partial charge in [0.15, 0.2) is 11.3 Å². The van der Waals surface area contributed by atoms with Crippen LogP contribution in [-0.2, 0) is 17.8 Å². The first kappa shape index (κ1) is 33.0. The fourth-order valence-corrected chi connectivity index (χ4v) is 7.58. The van der Waals surface area contributed by atoms with Crippen LogP contribution in [0.5, 0.6) is 0 Å². The van der Waals surface area contributed by atoms with Crippen molar-refractivity contribution >= 4 is 22.5 Å². The molecular formula is C38H46N6O2. The number of Topliss-reactive ketones (excluding diaryl/α,β-unsaturated/α-hetero) is 1. The first-order valence-electron chi connectivity index (χ1n) is 16.6. The Bertz CT molecular complexity index is 1760. The highest BCUT2D eigenvalue weighted by Crippen LogP contribution is 2.37. The van der Waals surface area contributed by atoms with Crippen LogP contribution >= 0.6 is 0 Å². The van der Waals surface area contributed by atoms with E-state index in [1.54, 1.807) is 10.6 Å². The molecule has 5 unspecified atom stereocenters. The van der Waals surface area contributed by atoms with E-state index in [4.69, 9.17) is 4.98 Å². The van der Waals surface area contributed by atoms with E-state index in [0.717, 1.165) is 18.4 Å². The van der Waals surface area contributed by atoms with Crippen molar-refractivity contribution in [3.63, 3.8) is 0 Å². The third-order valence-corrected chi connectivity index (χ3v) is 9.74. The van der Waals surface area contributed by atoms with Crippen LogP contribution in [0.1, 0.15) is 76.9 Å². The zero-order valence-corrected chi connectivity index (χ0v) is 28.1. The summed E-state index contributed by atoms with van der Waals surface area (Å²) in [5, 5.41) is 9.48. The summed E-state index contributed by atoms with van der Waals surface area (Å²) in [4.78, 5) is 42.6. The molecule has 1 saturated heterocycles. The summed E-state index contributed by atoms with van der Waals surface area (Å²) < 4.78 is 1.58. The van der Waals surface area contributed by atoms with Crippen molar-refractivity contribution in [1.82, 2.24) is 19.4 Å². The predicted octanol–water partition coefficient (Wildman–Crippen LogP) is 6.31. The van der Waals surface area contributed by atoms with Crippen molar-refractivity contribution in [2.75, 3.05) is 4.90 Å². The minimum absolute atomic E-state index is 0.00282. The molecule has 8 heteroatoms. The van der Waals surface area contributed by atoms with Gasteiger partial charge in [-0.3, -0.25) is 19.1 Å². The van der Waals surface area contributed by atoms with E-state index < -0.39 is 0 Å². The zero-order chi connectivity index (χ0) is 33.1. The van der Waals surface area contributed by atoms with Crippen LogP contribution in [-0.4, -0.2) is 55.4 Å². The number of nitriles is 1. The molecule has 4 aromatic rings. The topological polar surface area (TPSA) is 95.1 Å². The lowest BCUT2D eigenvalue weighted by molar-refractivity contribution is -0.129. The van der Waals surface area contributed by atoms with Crippen LogP contribution in [0.15, 0.2) is 71.7 Å². The molecule has 0 spiro atoms. The number of hydrogen-bond acceptors (Lipinski definition) is 7. The summed E-state index contributed by atoms with van der Waals surface area (Å²) in [5.74, 6) is 0.478. The molecule has 1 fully saturated rings. The zero-order valence-electron chi connectivity index (χ0n) is 28.1. The number of ketones is 1. The summed E-state index contributed by atoms with van der Waals surface area (Å²) in [6.07, 6.45) is 3.30. The average molecular weight is 619 g/mol. The molecule has 0 N–H and O–H groups in total. The minimum Gasteiger partial charge on any atom is -0.362 e. The third kappa shape index (κ3) is 6.34. The van der Waals surface area contributed by atoms with Gasteiger partial charge < -0.3 is 4.90 Å². The predicted molar refractivity (Wildman–Crippen MR) is 184 cm³/mol. The number of carbonyl (C=O) groups is 1. The monoisotopic (exact) mass is 618 g/mol. The SMILES string of the molecule is CCC1C(C)N(C(C(=O)Cc2nc3cc(C#N)cnc3c(=O)n2Cc2ccccc2)C(C)C)C(C)C(CC)N1c1ccc(C)cc1. The first-order chi connectivity index (χ1) is 22.1. The average Bonchev–Trinajstić information content (AvgIpc) is 3.05. The number of hydrogen-bond donors (Lipinski definition) is 0. The van der Waals surface area contributed by atoms with E-state index >= 15 is 0 Å². The van der Waals surface area contributed by atoms with Gasteiger partial charge in [0.25, 0.3) is 5.56 Å². The fourth-order valence-electron chi connectivity index (χ4n) is 7.58. The van der Waals surface area contributed by atoms with Crippen LogP contribution < -0.4 is 10.5 Å². The van der Waals surface area contributed by atoms with E-state index in [9.17, 15) is 14.9 Å². The number of benzene rings is 2. The maximum absolute atomic E-state index is 14.6. The molecular weight excluding hydrogens is 572 g/mol. The highest BCUT2D eigenvalue weighted by atomic mass is 16.1. The van der Waals surface area contributed by atoms with Crippen molar-refractivity contribution in [2.24, 2.45) is 5.92 Å². The Morgan fingerprint density at radius 2 is 1.61 bits per heavy atom. The number of anilines is 1. The molecule has 2 aromatic carbocycles. The van der Waals surface area contributed by atoms with Crippen LogP contribution in [0.25, 0.3) is 11.0 Å². The summed E-state index contributed by atoms with van der Waals surface area (Å²) in [6, 6.07) is 22.5. The van der Waals surface area contributed by atoms with E-state index in [2.05, 4.69) is 93.6 Å². The Morgan fingerprint density at radius 3 is 2.17 bits per heavy atom. The van der Waals surface area contributed by atoms with Gasteiger partial charge >= 0.3 is 0 Å². The molecule has 5 rings (SSSR count). The Kier molecular flexibility index (Phi) is 10.0. The van der Waals surface area contributed by atoms with Gasteiger partial charge in [-0.15, -0.1) is 0 Å². The minimum atomic E-state index is -0.366. The van der Waals surface area contributed by atoms with Crippen molar-refractivity contribution in [3.8, 4) is 6.07 Å². The van der Waals surface area contributed by atoms with E-state index in [1.807, 2.05) is 30.3 Å². The van der Waals surface area contributed by atoms with Gasteiger partial charge in [0, 0.05) is 36.1 Å². The molecule has 0 saturated carbocycles. The quantitative estimate of drug-likeness (QED) is 0.206. The van der Waals surface area contributed by atoms with Crippen LogP contribution in [0, 0.1) is 24.2 Å². The van der Waals surface area contributed by atoms with Crippen LogP contribution in [0.2, 0.25) is 0 Å². The molecule has 5 atom stereocenters. The molecule has 0 amide bonds. The molecule has 240 valence electrons. The Morgan fingerprint density at radius 1 is 0.978 bits per heavy atom. The maximum atomic E-state index is 14.6. The largest absolute Gasteiger partial charge is 0.362 e. The van der Waals surface area contributed by atoms with Crippen LogP contribution in [0.3, 0.4) is 0 Å². The number of pyridine rings is 1. The normalized spacial score (nSPS) is 21.0. The van der Waals surface area contributed by atoms with Crippen LogP contribution in [0.4, 0.5) is 5.69 Å². The molecule has 0 radical (unpaired) electrons. The molecule has 3 heterocycles. The number of aryl methyl sites for hydroxylation is 1. The van der Waals surface area contributed by atoms with E-state index in [1.165, 1.54) is 17.4 Å². The second kappa shape index (κ2) is 14.0. The molecule has 2 aromatic heterocycles. The van der Waals surface area contributed by atoms with Gasteiger partial charge in [-0.25, -0.2) is 9.97 Å². The Hall–Kier alpha value is -4.35.